The molecule has 1 aliphatic heterocycles. The molecule has 116 valence electrons. The molecule has 0 saturated carbocycles. The molecule has 0 aromatic heterocycles. The summed E-state index contributed by atoms with van der Waals surface area (Å²) in [5, 5.41) is 0. The van der Waals surface area contributed by atoms with Crippen molar-refractivity contribution < 1.29 is 14.3 Å². The Kier molecular flexibility index (Phi) is 3.98. The lowest BCUT2D eigenvalue weighted by Gasteiger charge is -2.28. The first-order chi connectivity index (χ1) is 11.1. The van der Waals surface area contributed by atoms with Gasteiger partial charge in [0.1, 0.15) is 0 Å². The number of anilines is 1. The summed E-state index contributed by atoms with van der Waals surface area (Å²) in [7, 11) is 0. The number of hydrogen-bond acceptors (Lipinski definition) is 3. The summed E-state index contributed by atoms with van der Waals surface area (Å²) in [6.45, 7) is 4.26. The number of hydrogen-bond donors (Lipinski definition) is 0. The normalized spacial score (nSPS) is 15.7. The molecule has 0 spiro atoms. The van der Waals surface area contributed by atoms with E-state index >= 15 is 0 Å². The van der Waals surface area contributed by atoms with E-state index < -0.39 is 0 Å². The third kappa shape index (κ3) is 2.63. The van der Waals surface area contributed by atoms with Gasteiger partial charge in [-0.2, -0.15) is 0 Å². The molecule has 0 N–H and O–H groups in total. The van der Waals surface area contributed by atoms with Crippen molar-refractivity contribution in [2.75, 3.05) is 11.5 Å². The summed E-state index contributed by atoms with van der Waals surface area (Å²) < 4.78 is 5.32. The first-order valence-corrected chi connectivity index (χ1v) is 7.50. The number of carbonyl (C=O) groups is 2. The Morgan fingerprint density at radius 2 is 1.61 bits per heavy atom. The summed E-state index contributed by atoms with van der Waals surface area (Å²) in [6.07, 6.45) is 1.44. The quantitative estimate of drug-likeness (QED) is 0.495. The largest absolute Gasteiger partial charge is 0.501 e. The van der Waals surface area contributed by atoms with Gasteiger partial charge < -0.3 is 4.74 Å². The van der Waals surface area contributed by atoms with Gasteiger partial charge in [0.25, 0.3) is 11.8 Å². The molecule has 0 bridgehead atoms. The number of imide groups is 1. The Morgan fingerprint density at radius 1 is 0.957 bits per heavy atom. The van der Waals surface area contributed by atoms with Crippen LogP contribution in [0.25, 0.3) is 5.57 Å². The van der Waals surface area contributed by atoms with Crippen LogP contribution in [0.15, 0.2) is 54.8 Å². The fourth-order valence-corrected chi connectivity index (χ4v) is 2.56. The van der Waals surface area contributed by atoms with Crippen LogP contribution in [0.5, 0.6) is 0 Å². The van der Waals surface area contributed by atoms with Crippen molar-refractivity contribution >= 4 is 23.1 Å². The van der Waals surface area contributed by atoms with E-state index in [2.05, 4.69) is 0 Å². The van der Waals surface area contributed by atoms with Crippen LogP contribution in [-0.2, 0) is 9.53 Å². The van der Waals surface area contributed by atoms with Gasteiger partial charge in [-0.3, -0.25) is 9.59 Å². The maximum absolute atomic E-state index is 12.8. The highest BCUT2D eigenvalue weighted by atomic mass is 16.5. The Balaban J connectivity index is 2.14. The average molecular weight is 307 g/mol. The smallest absolute Gasteiger partial charge is 0.269 e. The zero-order chi connectivity index (χ0) is 16.4. The molecule has 4 heteroatoms. The molecule has 23 heavy (non-hydrogen) atoms. The molecule has 0 aliphatic carbocycles. The first kappa shape index (κ1) is 15.0. The highest BCUT2D eigenvalue weighted by molar-refractivity contribution is 6.40. The van der Waals surface area contributed by atoms with Crippen LogP contribution in [0.4, 0.5) is 5.69 Å². The Morgan fingerprint density at radius 3 is 2.26 bits per heavy atom. The van der Waals surface area contributed by atoms with Gasteiger partial charge in [0.2, 0.25) is 0 Å². The third-order valence-electron chi connectivity index (χ3n) is 3.74. The van der Waals surface area contributed by atoms with E-state index in [0.717, 1.165) is 5.56 Å². The predicted octanol–water partition coefficient (Wildman–Crippen LogP) is 3.56. The second-order valence-corrected chi connectivity index (χ2v) is 5.31. The van der Waals surface area contributed by atoms with Crippen LogP contribution in [0.1, 0.15) is 28.4 Å². The van der Waals surface area contributed by atoms with Crippen molar-refractivity contribution in [2.24, 2.45) is 0 Å². The van der Waals surface area contributed by atoms with E-state index in [-0.39, 0.29) is 11.8 Å². The van der Waals surface area contributed by atoms with Crippen LogP contribution in [0, 0.1) is 6.92 Å². The first-order valence-electron chi connectivity index (χ1n) is 7.50. The maximum Gasteiger partial charge on any atom is 0.269 e. The summed E-state index contributed by atoms with van der Waals surface area (Å²) in [6, 6.07) is 14.4. The van der Waals surface area contributed by atoms with Gasteiger partial charge in [-0.1, -0.05) is 35.9 Å². The molecule has 0 unspecified atom stereocenters. The molecule has 1 aliphatic rings. The van der Waals surface area contributed by atoms with E-state index in [1.54, 1.807) is 36.4 Å². The van der Waals surface area contributed by atoms with Crippen molar-refractivity contribution in [2.45, 2.75) is 13.8 Å². The Hall–Kier alpha value is -2.88. The van der Waals surface area contributed by atoms with Crippen molar-refractivity contribution in [3.05, 3.63) is 71.5 Å². The molecule has 2 aromatic carbocycles. The molecule has 0 fully saturated rings. The highest BCUT2D eigenvalue weighted by Gasteiger charge is 2.36. The van der Waals surface area contributed by atoms with Crippen LogP contribution >= 0.6 is 0 Å². The number of fused-ring (bicyclic) bond motifs is 1. The van der Waals surface area contributed by atoms with Gasteiger partial charge in [0.15, 0.2) is 0 Å². The minimum Gasteiger partial charge on any atom is -0.501 e. The Labute approximate surface area is 135 Å². The number of rotatable bonds is 3. The lowest BCUT2D eigenvalue weighted by atomic mass is 9.94. The molecule has 0 saturated heterocycles. The second kappa shape index (κ2) is 6.08. The molecule has 4 nitrogen and oxygen atoms in total. The van der Waals surface area contributed by atoms with Gasteiger partial charge >= 0.3 is 0 Å². The summed E-state index contributed by atoms with van der Waals surface area (Å²) in [5.74, 6) is -0.686. The molecule has 2 aromatic rings. The van der Waals surface area contributed by atoms with Crippen molar-refractivity contribution in [3.8, 4) is 0 Å². The zero-order valence-corrected chi connectivity index (χ0v) is 13.1. The monoisotopic (exact) mass is 307 g/mol. The van der Waals surface area contributed by atoms with Crippen LogP contribution in [0.3, 0.4) is 0 Å². The third-order valence-corrected chi connectivity index (χ3v) is 3.74. The lowest BCUT2D eigenvalue weighted by Crippen LogP contribution is -2.41. The van der Waals surface area contributed by atoms with E-state index in [4.69, 9.17) is 4.74 Å². The van der Waals surface area contributed by atoms with Crippen LogP contribution < -0.4 is 4.90 Å². The van der Waals surface area contributed by atoms with Crippen LogP contribution in [-0.4, -0.2) is 18.4 Å². The van der Waals surface area contributed by atoms with Gasteiger partial charge in [-0.25, -0.2) is 4.90 Å². The van der Waals surface area contributed by atoms with E-state index in [1.165, 1.54) is 11.2 Å². The van der Waals surface area contributed by atoms with Gasteiger partial charge in [0.05, 0.1) is 24.1 Å². The number of carbonyl (C=O) groups excluding carboxylic acids is 2. The van der Waals surface area contributed by atoms with Crippen LogP contribution in [0.2, 0.25) is 0 Å². The predicted molar refractivity (Wildman–Crippen MR) is 89.0 cm³/mol. The summed E-state index contributed by atoms with van der Waals surface area (Å²) >= 11 is 0. The van der Waals surface area contributed by atoms with E-state index in [9.17, 15) is 9.59 Å². The molecule has 0 atom stereocenters. The molecular formula is C19H17NO3. The summed E-state index contributed by atoms with van der Waals surface area (Å²) in [5.41, 5.74) is 3.12. The number of aryl methyl sites for hydroxylation is 1. The topological polar surface area (TPSA) is 46.6 Å². The fraction of sp³-hybridized carbons (Fsp3) is 0.158. The van der Waals surface area contributed by atoms with Crippen molar-refractivity contribution in [3.63, 3.8) is 0 Å². The van der Waals surface area contributed by atoms with E-state index in [0.29, 0.717) is 29.0 Å². The van der Waals surface area contributed by atoms with E-state index in [1.807, 2.05) is 26.0 Å². The molecular weight excluding hydrogens is 290 g/mol. The minimum atomic E-state index is -0.369. The van der Waals surface area contributed by atoms with Gasteiger partial charge in [-0.15, -0.1) is 0 Å². The molecule has 0 radical (unpaired) electrons. The van der Waals surface area contributed by atoms with Crippen molar-refractivity contribution in [1.29, 1.82) is 0 Å². The fourth-order valence-electron chi connectivity index (χ4n) is 2.56. The zero-order valence-electron chi connectivity index (χ0n) is 13.1. The van der Waals surface area contributed by atoms with Gasteiger partial charge in [0, 0.05) is 11.1 Å². The standard InChI is InChI=1S/C19H17NO3/c1-3-23-12-17-15-6-4-5-7-16(15)18(21)20(19(17)22)14-10-8-13(2)9-11-14/h4-12H,3H2,1-2H3/b17-12-. The highest BCUT2D eigenvalue weighted by Crippen LogP contribution is 2.32. The average Bonchev–Trinajstić information content (AvgIpc) is 2.57. The van der Waals surface area contributed by atoms with Gasteiger partial charge in [-0.05, 0) is 32.0 Å². The van der Waals surface area contributed by atoms with Crippen molar-refractivity contribution in [1.82, 2.24) is 0 Å². The second-order valence-electron chi connectivity index (χ2n) is 5.31. The Bertz CT molecular complexity index is 791. The number of ether oxygens (including phenoxy) is 1. The SMILES string of the molecule is CCO/C=C1\C(=O)N(c2ccc(C)cc2)C(=O)c2ccccc21. The number of benzene rings is 2. The number of amides is 2. The maximum atomic E-state index is 12.8. The minimum absolute atomic E-state index is 0.317. The molecule has 2 amide bonds. The molecule has 1 heterocycles. The lowest BCUT2D eigenvalue weighted by molar-refractivity contribution is -0.113. The number of nitrogens with zero attached hydrogens (tertiary/aromatic N) is 1. The molecule has 3 rings (SSSR count). The summed E-state index contributed by atoms with van der Waals surface area (Å²) in [4.78, 5) is 26.8.